The second-order valence-electron chi connectivity index (χ2n) is 8.56. The molecule has 0 bridgehead atoms. The molecule has 7 nitrogen and oxygen atoms in total. The zero-order chi connectivity index (χ0) is 21.3. The Bertz CT molecular complexity index is 914. The van der Waals surface area contributed by atoms with E-state index in [2.05, 4.69) is 58.7 Å². The number of hydrogen-bond donors (Lipinski definition) is 4. The summed E-state index contributed by atoms with van der Waals surface area (Å²) < 4.78 is 0. The molecule has 0 saturated carbocycles. The Hall–Kier alpha value is -2.83. The molecule has 1 saturated heterocycles. The van der Waals surface area contributed by atoms with E-state index in [9.17, 15) is 4.79 Å². The van der Waals surface area contributed by atoms with Crippen molar-refractivity contribution in [3.63, 3.8) is 0 Å². The molecule has 3 unspecified atom stereocenters. The van der Waals surface area contributed by atoms with Gasteiger partial charge in [0.15, 0.2) is 11.5 Å². The minimum absolute atomic E-state index is 0.153. The highest BCUT2D eigenvalue weighted by molar-refractivity contribution is 5.97. The molecule has 160 valence electrons. The van der Waals surface area contributed by atoms with E-state index < -0.39 is 0 Å². The molecule has 0 aliphatic carbocycles. The number of nitrogens with zero attached hydrogens (tertiary/aromatic N) is 2. The Morgan fingerprint density at radius 3 is 2.97 bits per heavy atom. The quantitative estimate of drug-likeness (QED) is 0.306. The molecule has 1 aromatic rings. The Morgan fingerprint density at radius 2 is 2.20 bits per heavy atom. The minimum Gasteiger partial charge on any atom is -0.388 e. The lowest BCUT2D eigenvalue weighted by molar-refractivity contribution is -0.410. The monoisotopic (exact) mass is 409 g/mol. The van der Waals surface area contributed by atoms with Crippen molar-refractivity contribution in [1.82, 2.24) is 10.2 Å². The maximum atomic E-state index is 13.2. The van der Waals surface area contributed by atoms with Gasteiger partial charge in [-0.2, -0.15) is 0 Å². The molecule has 5 N–H and O–H groups in total. The number of fused-ring (bicyclic) bond motifs is 2. The van der Waals surface area contributed by atoms with Crippen LogP contribution < -0.4 is 21.4 Å². The van der Waals surface area contributed by atoms with Crippen LogP contribution in [0.25, 0.3) is 0 Å². The molecular weight excluding hydrogens is 376 g/mol. The molecule has 1 amide bonds. The van der Waals surface area contributed by atoms with Gasteiger partial charge < -0.3 is 16.4 Å². The van der Waals surface area contributed by atoms with E-state index in [1.54, 1.807) is 0 Å². The summed E-state index contributed by atoms with van der Waals surface area (Å²) in [5.41, 5.74) is 10.4. The molecule has 3 aliphatic rings. The van der Waals surface area contributed by atoms with Crippen molar-refractivity contribution < 1.29 is 9.79 Å². The molecule has 30 heavy (non-hydrogen) atoms. The van der Waals surface area contributed by atoms with Crippen LogP contribution in [0.15, 0.2) is 40.8 Å². The number of anilines is 1. The third kappa shape index (κ3) is 3.80. The van der Waals surface area contributed by atoms with Crippen molar-refractivity contribution in [1.29, 1.82) is 0 Å². The first-order valence-electron chi connectivity index (χ1n) is 11.0. The third-order valence-electron chi connectivity index (χ3n) is 6.43. The number of allylic oxidation sites excluding steroid dienone is 1. The van der Waals surface area contributed by atoms with E-state index in [1.807, 2.05) is 11.8 Å². The van der Waals surface area contributed by atoms with E-state index in [-0.39, 0.29) is 17.9 Å². The average molecular weight is 410 g/mol. The summed E-state index contributed by atoms with van der Waals surface area (Å²) in [6, 6.07) is 8.29. The number of carbonyl (C=O) groups is 1. The van der Waals surface area contributed by atoms with E-state index in [4.69, 9.17) is 5.73 Å². The maximum Gasteiger partial charge on any atom is 0.251 e. The number of amides is 1. The molecule has 0 radical (unpaired) electrons. The SMILES string of the molecule is CCC(C)C1NC2=C(CCCN=C(C)N)[NH+]=C(C3CNc4ccccc43)CN2C1=O. The summed E-state index contributed by atoms with van der Waals surface area (Å²) in [4.78, 5) is 23.2. The molecule has 0 aromatic heterocycles. The second kappa shape index (κ2) is 8.50. The van der Waals surface area contributed by atoms with Gasteiger partial charge in [-0.05, 0) is 30.9 Å². The smallest absolute Gasteiger partial charge is 0.251 e. The van der Waals surface area contributed by atoms with Gasteiger partial charge in [0.2, 0.25) is 5.70 Å². The lowest BCUT2D eigenvalue weighted by Crippen LogP contribution is -2.77. The molecular formula is C23H33N6O+. The highest BCUT2D eigenvalue weighted by Crippen LogP contribution is 2.33. The first-order chi connectivity index (χ1) is 14.5. The fraction of sp³-hybridized carbons (Fsp3) is 0.522. The van der Waals surface area contributed by atoms with Gasteiger partial charge in [-0.25, -0.2) is 4.99 Å². The van der Waals surface area contributed by atoms with Crippen LogP contribution in [-0.2, 0) is 4.79 Å². The molecule has 1 aromatic carbocycles. The molecule has 4 rings (SSSR count). The summed E-state index contributed by atoms with van der Waals surface area (Å²) in [7, 11) is 0. The van der Waals surface area contributed by atoms with Crippen molar-refractivity contribution in [3.8, 4) is 0 Å². The van der Waals surface area contributed by atoms with Crippen molar-refractivity contribution >= 4 is 23.1 Å². The minimum atomic E-state index is -0.153. The Morgan fingerprint density at radius 1 is 1.40 bits per heavy atom. The Kier molecular flexibility index (Phi) is 5.79. The van der Waals surface area contributed by atoms with Crippen LogP contribution in [0.2, 0.25) is 0 Å². The van der Waals surface area contributed by atoms with Crippen molar-refractivity contribution in [3.05, 3.63) is 41.3 Å². The van der Waals surface area contributed by atoms with Crippen molar-refractivity contribution in [2.45, 2.75) is 52.0 Å². The van der Waals surface area contributed by atoms with Crippen LogP contribution in [0.4, 0.5) is 5.69 Å². The fourth-order valence-corrected chi connectivity index (χ4v) is 4.54. The summed E-state index contributed by atoms with van der Waals surface area (Å²) in [6.07, 6.45) is 2.67. The first kappa shape index (κ1) is 20.4. The molecule has 7 heteroatoms. The standard InChI is InChI=1S/C23H32N6O/c1-4-14(2)21-23(30)29-13-20(17-12-26-18-9-6-5-8-16(17)18)27-19(22(29)28-21)10-7-11-25-15(3)24/h5-6,8-9,14,17,21,26,28H,4,7,10-13H2,1-3H3,(H2,24,25)/p+1. The normalized spacial score (nSPS) is 24.2. The van der Waals surface area contributed by atoms with Gasteiger partial charge in [-0.15, -0.1) is 0 Å². The number of nitrogens with one attached hydrogen (secondary N) is 3. The first-order valence-corrected chi connectivity index (χ1v) is 11.0. The number of rotatable bonds is 7. The fourth-order valence-electron chi connectivity index (χ4n) is 4.54. The van der Waals surface area contributed by atoms with Gasteiger partial charge in [0.25, 0.3) is 5.91 Å². The summed E-state index contributed by atoms with van der Waals surface area (Å²) in [5.74, 6) is 2.28. The van der Waals surface area contributed by atoms with Crippen LogP contribution in [0, 0.1) is 5.92 Å². The van der Waals surface area contributed by atoms with E-state index in [1.165, 1.54) is 17.0 Å². The van der Waals surface area contributed by atoms with Gasteiger partial charge >= 0.3 is 0 Å². The number of carbonyl (C=O) groups excluding carboxylic acids is 1. The predicted octanol–water partition coefficient (Wildman–Crippen LogP) is 0.904. The maximum absolute atomic E-state index is 13.2. The lowest BCUT2D eigenvalue weighted by atomic mass is 9.94. The predicted molar refractivity (Wildman–Crippen MR) is 120 cm³/mol. The van der Waals surface area contributed by atoms with Gasteiger partial charge in [0.1, 0.15) is 12.6 Å². The molecule has 0 spiro atoms. The Labute approximate surface area is 178 Å². The van der Waals surface area contributed by atoms with Gasteiger partial charge in [0, 0.05) is 25.2 Å². The zero-order valence-corrected chi connectivity index (χ0v) is 18.2. The number of hydrogen-bond acceptors (Lipinski definition) is 4. The number of para-hydroxylation sites is 1. The number of amidine groups is 1. The zero-order valence-electron chi connectivity index (χ0n) is 18.2. The van der Waals surface area contributed by atoms with Gasteiger partial charge in [-0.3, -0.25) is 14.7 Å². The lowest BCUT2D eigenvalue weighted by Gasteiger charge is -2.23. The highest BCUT2D eigenvalue weighted by atomic mass is 16.2. The van der Waals surface area contributed by atoms with Crippen molar-refractivity contribution in [2.75, 3.05) is 25.0 Å². The van der Waals surface area contributed by atoms with Gasteiger partial charge in [0.05, 0.1) is 11.8 Å². The van der Waals surface area contributed by atoms with Gasteiger partial charge in [-0.1, -0.05) is 38.5 Å². The summed E-state index contributed by atoms with van der Waals surface area (Å²) >= 11 is 0. The van der Waals surface area contributed by atoms with Crippen LogP contribution in [0.5, 0.6) is 0 Å². The number of benzene rings is 1. The number of nitrogens with two attached hydrogens (primary N) is 1. The van der Waals surface area contributed by atoms with Crippen LogP contribution in [-0.4, -0.2) is 48.0 Å². The Balaban J connectivity index is 1.63. The topological polar surface area (TPSA) is 96.7 Å². The van der Waals surface area contributed by atoms with Crippen LogP contribution >= 0.6 is 0 Å². The van der Waals surface area contributed by atoms with E-state index >= 15 is 0 Å². The summed E-state index contributed by atoms with van der Waals surface area (Å²) in [6.45, 7) is 8.24. The summed E-state index contributed by atoms with van der Waals surface area (Å²) in [5, 5.41) is 7.03. The van der Waals surface area contributed by atoms with E-state index in [0.717, 1.165) is 37.3 Å². The van der Waals surface area contributed by atoms with Crippen LogP contribution in [0.3, 0.4) is 0 Å². The van der Waals surface area contributed by atoms with Crippen molar-refractivity contribution in [2.24, 2.45) is 16.6 Å². The average Bonchev–Trinajstić information content (AvgIpc) is 3.32. The molecule has 1 fully saturated rings. The molecule has 3 atom stereocenters. The van der Waals surface area contributed by atoms with Crippen LogP contribution in [0.1, 0.15) is 51.5 Å². The molecule has 3 aliphatic heterocycles. The highest BCUT2D eigenvalue weighted by Gasteiger charge is 2.46. The second-order valence-corrected chi connectivity index (χ2v) is 8.56. The van der Waals surface area contributed by atoms with E-state index in [0.29, 0.717) is 24.8 Å². The number of aliphatic imine (C=N–C) groups is 1. The third-order valence-corrected chi connectivity index (χ3v) is 6.43. The largest absolute Gasteiger partial charge is 0.388 e. The molecule has 3 heterocycles.